The molecule has 1 atom stereocenters. The number of amides is 2. The van der Waals surface area contributed by atoms with E-state index >= 15 is 0 Å². The first-order valence-corrected chi connectivity index (χ1v) is 7.13. The van der Waals surface area contributed by atoms with Crippen LogP contribution in [0.1, 0.15) is 41.0 Å². The van der Waals surface area contributed by atoms with Crippen LogP contribution in [-0.2, 0) is 0 Å². The fraction of sp³-hybridized carbons (Fsp3) is 0.923. The van der Waals surface area contributed by atoms with Crippen LogP contribution in [0, 0.1) is 0 Å². The van der Waals surface area contributed by atoms with E-state index in [0.717, 1.165) is 13.8 Å². The molecule has 0 radical (unpaired) electrons. The quantitative estimate of drug-likeness (QED) is 0.619. The normalized spacial score (nSPS) is 20.5. The number of halogens is 3. The summed E-state index contributed by atoms with van der Waals surface area (Å²) in [6.07, 6.45) is -3.92. The molecule has 9 heteroatoms. The lowest BCUT2D eigenvalue weighted by Gasteiger charge is -2.31. The van der Waals surface area contributed by atoms with Gasteiger partial charge in [-0.05, 0) is 41.0 Å². The van der Waals surface area contributed by atoms with Crippen molar-refractivity contribution in [3.8, 4) is 0 Å². The van der Waals surface area contributed by atoms with E-state index in [-0.39, 0.29) is 18.1 Å². The molecule has 0 aromatic heterocycles. The number of likely N-dealkylation sites (tertiary alicyclic amines) is 1. The maximum atomic E-state index is 12.8. The van der Waals surface area contributed by atoms with Gasteiger partial charge in [-0.25, -0.2) is 4.79 Å². The van der Waals surface area contributed by atoms with Crippen LogP contribution in [0.25, 0.3) is 0 Å². The minimum atomic E-state index is -4.50. The zero-order valence-corrected chi connectivity index (χ0v) is 13.6. The van der Waals surface area contributed by atoms with E-state index in [9.17, 15) is 18.0 Å². The summed E-state index contributed by atoms with van der Waals surface area (Å²) >= 11 is 0. The van der Waals surface area contributed by atoms with E-state index in [1.165, 1.54) is 4.90 Å². The molecular weight excluding hydrogens is 299 g/mol. The molecule has 0 spiro atoms. The number of nitrogens with one attached hydrogen (secondary N) is 2. The summed E-state index contributed by atoms with van der Waals surface area (Å²) in [5, 5.41) is 9.94. The minimum Gasteiger partial charge on any atom is -0.324 e. The lowest BCUT2D eigenvalue weighted by molar-refractivity contribution is -0.182. The van der Waals surface area contributed by atoms with Crippen molar-refractivity contribution >= 4 is 6.03 Å². The van der Waals surface area contributed by atoms with Crippen molar-refractivity contribution in [2.75, 3.05) is 13.1 Å². The van der Waals surface area contributed by atoms with E-state index in [2.05, 4.69) is 15.8 Å². The number of hydrogen-bond acceptors (Lipinski definition) is 3. The first-order valence-electron chi connectivity index (χ1n) is 7.13. The Balaban J connectivity index is 2.51. The van der Waals surface area contributed by atoms with Crippen LogP contribution in [0.2, 0.25) is 0 Å². The summed E-state index contributed by atoms with van der Waals surface area (Å²) in [6, 6.07) is -0.932. The van der Waals surface area contributed by atoms with E-state index in [0.29, 0.717) is 13.0 Å². The molecule has 2 amide bonds. The third-order valence-corrected chi connectivity index (χ3v) is 3.19. The van der Waals surface area contributed by atoms with Crippen molar-refractivity contribution < 1.29 is 18.0 Å². The maximum Gasteiger partial charge on any atom is 0.411 e. The predicted molar refractivity (Wildman–Crippen MR) is 76.4 cm³/mol. The monoisotopic (exact) mass is 323 g/mol. The molecule has 1 fully saturated rings. The molecule has 0 bridgehead atoms. The fourth-order valence-electron chi connectivity index (χ4n) is 1.70. The molecule has 6 nitrogen and oxygen atoms in total. The van der Waals surface area contributed by atoms with Gasteiger partial charge in [0.05, 0.1) is 6.04 Å². The van der Waals surface area contributed by atoms with E-state index in [1.807, 2.05) is 26.1 Å². The summed E-state index contributed by atoms with van der Waals surface area (Å²) in [6.45, 7) is 8.28. The van der Waals surface area contributed by atoms with Crippen LogP contribution >= 0.6 is 0 Å². The standard InChI is InChI=1S/C13H24F3N5O/c1-11(2,3)19-20-18-9-6-7-21(8-9)10(22)17-12(4,5)13(14,15)16/h9H,6-8H2,1-5H3,(H,17,22)(H,18,19)/t9-/m1/s1. The summed E-state index contributed by atoms with van der Waals surface area (Å²) in [4.78, 5) is 13.2. The van der Waals surface area contributed by atoms with Crippen molar-refractivity contribution in [3.63, 3.8) is 0 Å². The molecule has 0 aliphatic carbocycles. The molecule has 0 aromatic carbocycles. The number of alkyl halides is 3. The van der Waals surface area contributed by atoms with E-state index < -0.39 is 17.7 Å². The first-order chi connectivity index (χ1) is 9.82. The Kier molecular flexibility index (Phi) is 5.30. The molecule has 1 aliphatic rings. The Morgan fingerprint density at radius 3 is 2.27 bits per heavy atom. The first kappa shape index (κ1) is 18.5. The third-order valence-electron chi connectivity index (χ3n) is 3.19. The number of hydrogen-bond donors (Lipinski definition) is 2. The third kappa shape index (κ3) is 5.34. The molecular formula is C13H24F3N5O. The summed E-state index contributed by atoms with van der Waals surface area (Å²) in [5.74, 6) is 0. The summed E-state index contributed by atoms with van der Waals surface area (Å²) in [5.41, 5.74) is 0.363. The fourth-order valence-corrected chi connectivity index (χ4v) is 1.70. The molecule has 1 heterocycles. The number of urea groups is 1. The molecule has 0 unspecified atom stereocenters. The Labute approximate surface area is 128 Å². The van der Waals surface area contributed by atoms with Gasteiger partial charge in [0, 0.05) is 18.6 Å². The highest BCUT2D eigenvalue weighted by atomic mass is 19.4. The Bertz CT molecular complexity index is 428. The van der Waals surface area contributed by atoms with E-state index in [4.69, 9.17) is 0 Å². The predicted octanol–water partition coefficient (Wildman–Crippen LogP) is 2.87. The number of carbonyl (C=O) groups excluding carboxylic acids is 1. The second-order valence-corrected chi connectivity index (χ2v) is 7.02. The Hall–Kier alpha value is -1.54. The van der Waals surface area contributed by atoms with Gasteiger partial charge >= 0.3 is 12.2 Å². The van der Waals surface area contributed by atoms with Crippen LogP contribution in [0.3, 0.4) is 0 Å². The second-order valence-electron chi connectivity index (χ2n) is 7.02. The maximum absolute atomic E-state index is 12.8. The van der Waals surface area contributed by atoms with Crippen LogP contribution in [0.5, 0.6) is 0 Å². The molecule has 2 N–H and O–H groups in total. The largest absolute Gasteiger partial charge is 0.411 e. The lowest BCUT2D eigenvalue weighted by atomic mass is 10.1. The number of carbonyl (C=O) groups is 1. The number of rotatable bonds is 3. The van der Waals surface area contributed by atoms with E-state index in [1.54, 1.807) is 0 Å². The van der Waals surface area contributed by atoms with Crippen molar-refractivity contribution in [3.05, 3.63) is 0 Å². The van der Waals surface area contributed by atoms with Gasteiger partial charge in [-0.3, -0.25) is 5.43 Å². The molecule has 128 valence electrons. The SMILES string of the molecule is CC(C)(C)NN=N[C@@H]1CCN(C(=O)NC(C)(C)C(F)(F)F)C1. The van der Waals surface area contributed by atoms with Gasteiger partial charge in [0.1, 0.15) is 5.54 Å². The Morgan fingerprint density at radius 2 is 1.77 bits per heavy atom. The molecule has 22 heavy (non-hydrogen) atoms. The number of nitrogens with zero attached hydrogens (tertiary/aromatic N) is 3. The highest BCUT2D eigenvalue weighted by Gasteiger charge is 2.49. The zero-order valence-electron chi connectivity index (χ0n) is 13.6. The molecule has 1 saturated heterocycles. The molecule has 1 aliphatic heterocycles. The van der Waals surface area contributed by atoms with Gasteiger partial charge in [0.15, 0.2) is 0 Å². The van der Waals surface area contributed by atoms with Gasteiger partial charge in [-0.15, -0.1) is 0 Å². The van der Waals surface area contributed by atoms with Crippen molar-refractivity contribution in [1.29, 1.82) is 0 Å². The summed E-state index contributed by atoms with van der Waals surface area (Å²) < 4.78 is 38.3. The molecule has 1 rings (SSSR count). The van der Waals surface area contributed by atoms with Gasteiger partial charge in [-0.2, -0.15) is 18.3 Å². The van der Waals surface area contributed by atoms with Gasteiger partial charge in [-0.1, -0.05) is 5.22 Å². The average Bonchev–Trinajstić information content (AvgIpc) is 2.73. The van der Waals surface area contributed by atoms with Crippen molar-refractivity contribution in [2.24, 2.45) is 10.3 Å². The van der Waals surface area contributed by atoms with Crippen molar-refractivity contribution in [1.82, 2.24) is 15.6 Å². The van der Waals surface area contributed by atoms with Gasteiger partial charge < -0.3 is 10.2 Å². The summed E-state index contributed by atoms with van der Waals surface area (Å²) in [7, 11) is 0. The van der Waals surface area contributed by atoms with Crippen molar-refractivity contribution in [2.45, 2.75) is 64.3 Å². The smallest absolute Gasteiger partial charge is 0.324 e. The Morgan fingerprint density at radius 1 is 1.18 bits per heavy atom. The van der Waals surface area contributed by atoms with Gasteiger partial charge in [0.25, 0.3) is 0 Å². The molecule has 0 aromatic rings. The van der Waals surface area contributed by atoms with Crippen LogP contribution in [0.15, 0.2) is 10.3 Å². The topological polar surface area (TPSA) is 69.1 Å². The highest BCUT2D eigenvalue weighted by Crippen LogP contribution is 2.29. The minimum absolute atomic E-state index is 0.199. The molecule has 0 saturated carbocycles. The van der Waals surface area contributed by atoms with Gasteiger partial charge in [0.2, 0.25) is 0 Å². The van der Waals surface area contributed by atoms with Crippen LogP contribution in [-0.4, -0.2) is 47.3 Å². The average molecular weight is 323 g/mol. The highest BCUT2D eigenvalue weighted by molar-refractivity contribution is 5.75. The lowest BCUT2D eigenvalue weighted by Crippen LogP contribution is -2.57. The second kappa shape index (κ2) is 6.29. The zero-order chi connectivity index (χ0) is 17.2. The van der Waals surface area contributed by atoms with Crippen LogP contribution < -0.4 is 10.7 Å². The van der Waals surface area contributed by atoms with Crippen LogP contribution in [0.4, 0.5) is 18.0 Å².